The highest BCUT2D eigenvalue weighted by molar-refractivity contribution is 5.86. The van der Waals surface area contributed by atoms with Gasteiger partial charge in [0.2, 0.25) is 0 Å². The molecule has 102 valence electrons. The first kappa shape index (κ1) is 13.5. The molecule has 0 aliphatic carbocycles. The molecule has 0 aromatic heterocycles. The quantitative estimate of drug-likeness (QED) is 0.809. The fraction of sp³-hybridized carbons (Fsp3) is 0.385. The van der Waals surface area contributed by atoms with E-state index in [9.17, 15) is 14.0 Å². The van der Waals surface area contributed by atoms with E-state index in [0.29, 0.717) is 5.56 Å². The number of carboxylic acids is 1. The van der Waals surface area contributed by atoms with Gasteiger partial charge in [0, 0.05) is 6.54 Å². The molecule has 0 spiro atoms. The van der Waals surface area contributed by atoms with E-state index in [1.54, 1.807) is 6.92 Å². The Balaban J connectivity index is 2.07. The molecule has 0 radical (unpaired) electrons. The van der Waals surface area contributed by atoms with Crippen molar-refractivity contribution >= 4 is 11.9 Å². The smallest absolute Gasteiger partial charge is 0.323 e. The molecule has 1 aliphatic rings. The maximum atomic E-state index is 12.8. The minimum Gasteiger partial charge on any atom is -0.480 e. The number of hydrogen-bond donors (Lipinski definition) is 1. The van der Waals surface area contributed by atoms with E-state index < -0.39 is 18.6 Å². The Bertz CT molecular complexity index is 488. The summed E-state index contributed by atoms with van der Waals surface area (Å²) in [4.78, 5) is 24.0. The molecule has 1 heterocycles. The van der Waals surface area contributed by atoms with Crippen LogP contribution in [0.4, 0.5) is 4.39 Å². The number of hydrogen-bond acceptors (Lipinski definition) is 3. The number of rotatable bonds is 5. The van der Waals surface area contributed by atoms with E-state index in [1.165, 1.54) is 29.2 Å². The Hall–Kier alpha value is -1.95. The van der Waals surface area contributed by atoms with Gasteiger partial charge in [-0.3, -0.25) is 9.59 Å². The number of epoxide rings is 1. The summed E-state index contributed by atoms with van der Waals surface area (Å²) in [6.07, 6.45) is -0.725. The van der Waals surface area contributed by atoms with Gasteiger partial charge < -0.3 is 14.7 Å². The van der Waals surface area contributed by atoms with Crippen molar-refractivity contribution in [2.24, 2.45) is 0 Å². The zero-order chi connectivity index (χ0) is 14.0. The van der Waals surface area contributed by atoms with E-state index in [1.807, 2.05) is 0 Å². The average Bonchev–Trinajstić information content (AvgIpc) is 3.07. The molecule has 1 aromatic rings. The highest BCUT2D eigenvalue weighted by Gasteiger charge is 2.43. The average molecular weight is 267 g/mol. The maximum Gasteiger partial charge on any atom is 0.323 e. The Labute approximate surface area is 109 Å². The summed E-state index contributed by atoms with van der Waals surface area (Å²) < 4.78 is 17.8. The Kier molecular flexibility index (Phi) is 3.80. The zero-order valence-electron chi connectivity index (χ0n) is 10.4. The lowest BCUT2D eigenvalue weighted by molar-refractivity contribution is -0.145. The number of carbonyl (C=O) groups excluding carboxylic acids is 1. The molecule has 2 atom stereocenters. The molecule has 1 fully saturated rings. The summed E-state index contributed by atoms with van der Waals surface area (Å²) in [5.74, 6) is -1.82. The van der Waals surface area contributed by atoms with Gasteiger partial charge in [-0.15, -0.1) is 0 Å². The topological polar surface area (TPSA) is 70.1 Å². The van der Waals surface area contributed by atoms with Crippen molar-refractivity contribution in [3.05, 3.63) is 35.6 Å². The zero-order valence-corrected chi connectivity index (χ0v) is 10.4. The van der Waals surface area contributed by atoms with Gasteiger partial charge in [0.05, 0.1) is 6.10 Å². The SMILES string of the molecule is CC1OC1C(=O)N(CC(=O)O)Cc1ccc(F)cc1. The van der Waals surface area contributed by atoms with Crippen LogP contribution < -0.4 is 0 Å². The highest BCUT2D eigenvalue weighted by atomic mass is 19.1. The monoisotopic (exact) mass is 267 g/mol. The van der Waals surface area contributed by atoms with Gasteiger partial charge in [0.1, 0.15) is 12.4 Å². The molecule has 6 heteroatoms. The molecule has 1 amide bonds. The normalized spacial score (nSPS) is 20.9. The molecular weight excluding hydrogens is 253 g/mol. The lowest BCUT2D eigenvalue weighted by atomic mass is 10.2. The lowest BCUT2D eigenvalue weighted by Gasteiger charge is -2.20. The number of carbonyl (C=O) groups is 2. The summed E-state index contributed by atoms with van der Waals surface area (Å²) in [7, 11) is 0. The minimum atomic E-state index is -1.09. The second-order valence-electron chi connectivity index (χ2n) is 4.48. The van der Waals surface area contributed by atoms with Crippen molar-refractivity contribution in [2.75, 3.05) is 6.54 Å². The third-order valence-electron chi connectivity index (χ3n) is 2.88. The third-order valence-corrected chi connectivity index (χ3v) is 2.88. The Morgan fingerprint density at radius 2 is 1.95 bits per heavy atom. The lowest BCUT2D eigenvalue weighted by Crippen LogP contribution is -2.38. The van der Waals surface area contributed by atoms with Crippen LogP contribution in [0, 0.1) is 5.82 Å². The third kappa shape index (κ3) is 3.51. The molecule has 1 saturated heterocycles. The van der Waals surface area contributed by atoms with E-state index in [0.717, 1.165) is 0 Å². The number of aliphatic carboxylic acids is 1. The van der Waals surface area contributed by atoms with Crippen LogP contribution in [-0.4, -0.2) is 40.6 Å². The van der Waals surface area contributed by atoms with Crippen molar-refractivity contribution in [3.8, 4) is 0 Å². The van der Waals surface area contributed by atoms with Crippen LogP contribution in [0.5, 0.6) is 0 Å². The van der Waals surface area contributed by atoms with Crippen LogP contribution in [0.2, 0.25) is 0 Å². The summed E-state index contributed by atoms with van der Waals surface area (Å²) in [6, 6.07) is 5.59. The first-order chi connectivity index (χ1) is 8.97. The van der Waals surface area contributed by atoms with E-state index in [2.05, 4.69) is 0 Å². The number of ether oxygens (including phenoxy) is 1. The molecule has 2 unspecified atom stereocenters. The summed E-state index contributed by atoms with van der Waals surface area (Å²) in [6.45, 7) is 1.47. The molecule has 1 N–H and O–H groups in total. The van der Waals surface area contributed by atoms with Crippen molar-refractivity contribution in [3.63, 3.8) is 0 Å². The predicted molar refractivity (Wildman–Crippen MR) is 63.8 cm³/mol. The molecule has 0 bridgehead atoms. The number of nitrogens with zero attached hydrogens (tertiary/aromatic N) is 1. The van der Waals surface area contributed by atoms with Gasteiger partial charge in [-0.1, -0.05) is 12.1 Å². The molecule has 19 heavy (non-hydrogen) atoms. The van der Waals surface area contributed by atoms with Crippen molar-refractivity contribution < 1.29 is 23.8 Å². The van der Waals surface area contributed by atoms with E-state index in [-0.39, 0.29) is 24.4 Å². The molecule has 1 aliphatic heterocycles. The number of carboxylic acid groups (broad SMARTS) is 1. The van der Waals surface area contributed by atoms with Crippen LogP contribution in [0.3, 0.4) is 0 Å². The van der Waals surface area contributed by atoms with Crippen LogP contribution in [0.25, 0.3) is 0 Å². The predicted octanol–water partition coefficient (Wildman–Crippen LogP) is 1.03. The second-order valence-corrected chi connectivity index (χ2v) is 4.48. The van der Waals surface area contributed by atoms with Crippen LogP contribution >= 0.6 is 0 Å². The second kappa shape index (κ2) is 5.36. The van der Waals surface area contributed by atoms with Gasteiger partial charge in [-0.05, 0) is 24.6 Å². The van der Waals surface area contributed by atoms with E-state index >= 15 is 0 Å². The largest absolute Gasteiger partial charge is 0.480 e. The molecule has 0 saturated carbocycles. The number of amides is 1. The van der Waals surface area contributed by atoms with E-state index in [4.69, 9.17) is 9.84 Å². The molecular formula is C13H14FNO4. The van der Waals surface area contributed by atoms with Gasteiger partial charge in [0.25, 0.3) is 5.91 Å². The van der Waals surface area contributed by atoms with Crippen LogP contribution in [0.1, 0.15) is 12.5 Å². The first-order valence-electron chi connectivity index (χ1n) is 5.88. The van der Waals surface area contributed by atoms with Gasteiger partial charge in [0.15, 0.2) is 6.10 Å². The number of halogens is 1. The number of benzene rings is 1. The molecule has 5 nitrogen and oxygen atoms in total. The fourth-order valence-corrected chi connectivity index (χ4v) is 1.81. The maximum absolute atomic E-state index is 12.8. The fourth-order valence-electron chi connectivity index (χ4n) is 1.81. The summed E-state index contributed by atoms with van der Waals surface area (Å²) in [5.41, 5.74) is 0.671. The van der Waals surface area contributed by atoms with Crippen LogP contribution in [0.15, 0.2) is 24.3 Å². The van der Waals surface area contributed by atoms with Gasteiger partial charge in [-0.25, -0.2) is 4.39 Å². The molecule has 1 aromatic carbocycles. The van der Waals surface area contributed by atoms with Crippen LogP contribution in [-0.2, 0) is 20.9 Å². The van der Waals surface area contributed by atoms with Gasteiger partial charge >= 0.3 is 5.97 Å². The van der Waals surface area contributed by atoms with Crippen molar-refractivity contribution in [1.29, 1.82) is 0 Å². The Morgan fingerprint density at radius 3 is 2.42 bits per heavy atom. The minimum absolute atomic E-state index is 0.123. The van der Waals surface area contributed by atoms with Gasteiger partial charge in [-0.2, -0.15) is 0 Å². The first-order valence-corrected chi connectivity index (χ1v) is 5.88. The summed E-state index contributed by atoms with van der Waals surface area (Å²) in [5, 5.41) is 8.83. The Morgan fingerprint density at radius 1 is 1.37 bits per heavy atom. The standard InChI is InChI=1S/C13H14FNO4/c1-8-12(19-8)13(18)15(7-11(16)17)6-9-2-4-10(14)5-3-9/h2-5,8,12H,6-7H2,1H3,(H,16,17). The highest BCUT2D eigenvalue weighted by Crippen LogP contribution is 2.24. The summed E-state index contributed by atoms with van der Waals surface area (Å²) >= 11 is 0. The van der Waals surface area contributed by atoms with Crippen molar-refractivity contribution in [1.82, 2.24) is 4.90 Å². The van der Waals surface area contributed by atoms with Crippen molar-refractivity contribution in [2.45, 2.75) is 25.7 Å². The molecule has 2 rings (SSSR count).